The van der Waals surface area contributed by atoms with Gasteiger partial charge in [-0.25, -0.2) is 4.98 Å². The van der Waals surface area contributed by atoms with Crippen LogP contribution in [0.5, 0.6) is 0 Å². The van der Waals surface area contributed by atoms with E-state index in [2.05, 4.69) is 4.98 Å². The highest BCUT2D eigenvalue weighted by atomic mass is 16.2. The van der Waals surface area contributed by atoms with Crippen LogP contribution in [0.4, 0.5) is 0 Å². The third-order valence-corrected chi connectivity index (χ3v) is 5.22. The lowest BCUT2D eigenvalue weighted by Crippen LogP contribution is -2.37. The Morgan fingerprint density at radius 2 is 1.41 bits per heavy atom. The zero-order valence-electron chi connectivity index (χ0n) is 16.3. The Labute approximate surface area is 170 Å². The fourth-order valence-corrected chi connectivity index (χ4v) is 3.61. The van der Waals surface area contributed by atoms with Crippen LogP contribution in [-0.4, -0.2) is 57.3 Å². The van der Waals surface area contributed by atoms with Gasteiger partial charge in [0, 0.05) is 56.2 Å². The van der Waals surface area contributed by atoms with E-state index in [1.165, 1.54) is 0 Å². The fraction of sp³-hybridized carbons (Fsp3) is 0.261. The average Bonchev–Trinajstić information content (AvgIpc) is 3.15. The minimum absolute atomic E-state index is 0.0215. The van der Waals surface area contributed by atoms with Crippen molar-refractivity contribution in [2.45, 2.75) is 13.0 Å². The Kier molecular flexibility index (Phi) is 5.70. The number of aromatic nitrogens is 2. The summed E-state index contributed by atoms with van der Waals surface area (Å²) < 4.78 is 1.99. The summed E-state index contributed by atoms with van der Waals surface area (Å²) in [5.41, 5.74) is 2.50. The molecule has 0 N–H and O–H groups in total. The van der Waals surface area contributed by atoms with E-state index in [4.69, 9.17) is 0 Å². The van der Waals surface area contributed by atoms with Gasteiger partial charge in [-0.1, -0.05) is 30.3 Å². The standard InChI is InChI=1S/C23H24N4O2/c28-22(20-5-2-1-3-6-20)26-12-4-13-27(16-15-26)23(29)21-9-7-19(8-10-21)17-25-14-11-24-18-25/h1-3,5-11,14,18H,4,12-13,15-17H2. The number of nitrogens with zero attached hydrogens (tertiary/aromatic N) is 4. The third-order valence-electron chi connectivity index (χ3n) is 5.22. The van der Waals surface area contributed by atoms with E-state index < -0.39 is 0 Å². The van der Waals surface area contributed by atoms with Crippen LogP contribution in [0.2, 0.25) is 0 Å². The molecule has 29 heavy (non-hydrogen) atoms. The van der Waals surface area contributed by atoms with Crippen molar-refractivity contribution in [1.82, 2.24) is 19.4 Å². The van der Waals surface area contributed by atoms with Gasteiger partial charge in [-0.3, -0.25) is 9.59 Å². The Morgan fingerprint density at radius 1 is 0.793 bits per heavy atom. The van der Waals surface area contributed by atoms with Crippen molar-refractivity contribution in [3.8, 4) is 0 Å². The summed E-state index contributed by atoms with van der Waals surface area (Å²) in [5, 5.41) is 0. The molecule has 0 spiro atoms. The van der Waals surface area contributed by atoms with E-state index in [0.717, 1.165) is 18.5 Å². The van der Waals surface area contributed by atoms with Crippen LogP contribution in [0, 0.1) is 0 Å². The van der Waals surface area contributed by atoms with E-state index in [-0.39, 0.29) is 11.8 Å². The Bertz CT molecular complexity index is 952. The SMILES string of the molecule is O=C(c1ccccc1)N1CCCN(C(=O)c2ccc(Cn3ccnc3)cc2)CC1. The number of imidazole rings is 1. The number of rotatable bonds is 4. The molecule has 0 unspecified atom stereocenters. The molecule has 1 fully saturated rings. The molecule has 0 radical (unpaired) electrons. The summed E-state index contributed by atoms with van der Waals surface area (Å²) >= 11 is 0. The molecule has 0 atom stereocenters. The van der Waals surface area contributed by atoms with Crippen LogP contribution in [-0.2, 0) is 6.54 Å². The van der Waals surface area contributed by atoms with Crippen molar-refractivity contribution < 1.29 is 9.59 Å². The molecule has 0 aliphatic carbocycles. The minimum atomic E-state index is 0.0215. The lowest BCUT2D eigenvalue weighted by Gasteiger charge is -2.22. The van der Waals surface area contributed by atoms with Crippen molar-refractivity contribution in [3.05, 3.63) is 90.0 Å². The maximum atomic E-state index is 12.9. The Morgan fingerprint density at radius 3 is 2.00 bits per heavy atom. The highest BCUT2D eigenvalue weighted by Crippen LogP contribution is 2.13. The molecule has 2 amide bonds. The van der Waals surface area contributed by atoms with Gasteiger partial charge in [-0.05, 0) is 36.2 Å². The first-order valence-electron chi connectivity index (χ1n) is 9.89. The molecule has 0 bridgehead atoms. The van der Waals surface area contributed by atoms with Gasteiger partial charge in [-0.2, -0.15) is 0 Å². The molecular weight excluding hydrogens is 364 g/mol. The van der Waals surface area contributed by atoms with E-state index >= 15 is 0 Å². The summed E-state index contributed by atoms with van der Waals surface area (Å²) in [6, 6.07) is 17.0. The van der Waals surface area contributed by atoms with Crippen LogP contribution >= 0.6 is 0 Å². The number of amides is 2. The van der Waals surface area contributed by atoms with E-state index in [1.54, 1.807) is 12.5 Å². The zero-order chi connectivity index (χ0) is 20.1. The molecule has 3 aromatic rings. The molecule has 1 aromatic heterocycles. The first-order valence-corrected chi connectivity index (χ1v) is 9.89. The van der Waals surface area contributed by atoms with E-state index in [0.29, 0.717) is 37.3 Å². The average molecular weight is 388 g/mol. The van der Waals surface area contributed by atoms with Crippen molar-refractivity contribution in [2.24, 2.45) is 0 Å². The highest BCUT2D eigenvalue weighted by Gasteiger charge is 2.23. The van der Waals surface area contributed by atoms with Gasteiger partial charge in [0.1, 0.15) is 0 Å². The monoisotopic (exact) mass is 388 g/mol. The summed E-state index contributed by atoms with van der Waals surface area (Å²) in [7, 11) is 0. The molecule has 148 valence electrons. The van der Waals surface area contributed by atoms with Crippen molar-refractivity contribution in [1.29, 1.82) is 0 Å². The largest absolute Gasteiger partial charge is 0.337 e. The van der Waals surface area contributed by atoms with Crippen LogP contribution in [0.15, 0.2) is 73.3 Å². The van der Waals surface area contributed by atoms with Gasteiger partial charge in [-0.15, -0.1) is 0 Å². The van der Waals surface area contributed by atoms with Crippen molar-refractivity contribution >= 4 is 11.8 Å². The topological polar surface area (TPSA) is 58.4 Å². The molecular formula is C23H24N4O2. The second-order valence-corrected chi connectivity index (χ2v) is 7.24. The molecule has 0 saturated carbocycles. The first kappa shape index (κ1) is 18.9. The predicted molar refractivity (Wildman–Crippen MR) is 111 cm³/mol. The smallest absolute Gasteiger partial charge is 0.253 e. The number of carbonyl (C=O) groups excluding carboxylic acids is 2. The van der Waals surface area contributed by atoms with Gasteiger partial charge in [0.15, 0.2) is 0 Å². The number of carbonyl (C=O) groups is 2. The van der Waals surface area contributed by atoms with Gasteiger partial charge >= 0.3 is 0 Å². The van der Waals surface area contributed by atoms with Crippen LogP contribution in [0.3, 0.4) is 0 Å². The molecule has 2 heterocycles. The molecule has 6 nitrogen and oxygen atoms in total. The molecule has 6 heteroatoms. The van der Waals surface area contributed by atoms with Gasteiger partial charge < -0.3 is 14.4 Å². The van der Waals surface area contributed by atoms with Crippen LogP contribution in [0.25, 0.3) is 0 Å². The number of hydrogen-bond donors (Lipinski definition) is 0. The molecule has 4 rings (SSSR count). The van der Waals surface area contributed by atoms with Crippen LogP contribution < -0.4 is 0 Å². The maximum absolute atomic E-state index is 12.9. The second kappa shape index (κ2) is 8.73. The number of hydrogen-bond acceptors (Lipinski definition) is 3. The summed E-state index contributed by atoms with van der Waals surface area (Å²) in [4.78, 5) is 33.4. The zero-order valence-corrected chi connectivity index (χ0v) is 16.3. The summed E-state index contributed by atoms with van der Waals surface area (Å²) in [5.74, 6) is 0.0527. The van der Waals surface area contributed by atoms with Crippen molar-refractivity contribution in [2.75, 3.05) is 26.2 Å². The molecule has 1 aliphatic rings. The Balaban J connectivity index is 1.37. The van der Waals surface area contributed by atoms with Crippen molar-refractivity contribution in [3.63, 3.8) is 0 Å². The molecule has 1 saturated heterocycles. The second-order valence-electron chi connectivity index (χ2n) is 7.24. The summed E-state index contributed by atoms with van der Waals surface area (Å²) in [6.45, 7) is 3.16. The summed E-state index contributed by atoms with van der Waals surface area (Å²) in [6.07, 6.45) is 6.23. The van der Waals surface area contributed by atoms with Gasteiger partial charge in [0.2, 0.25) is 0 Å². The minimum Gasteiger partial charge on any atom is -0.337 e. The number of benzene rings is 2. The normalized spacial score (nSPS) is 14.5. The van der Waals surface area contributed by atoms with Crippen LogP contribution in [0.1, 0.15) is 32.7 Å². The highest BCUT2D eigenvalue weighted by molar-refractivity contribution is 5.95. The quantitative estimate of drug-likeness (QED) is 0.691. The lowest BCUT2D eigenvalue weighted by molar-refractivity contribution is 0.0719. The van der Waals surface area contributed by atoms with E-state index in [9.17, 15) is 9.59 Å². The lowest BCUT2D eigenvalue weighted by atomic mass is 10.1. The maximum Gasteiger partial charge on any atom is 0.253 e. The van der Waals surface area contributed by atoms with Gasteiger partial charge in [0.25, 0.3) is 11.8 Å². The van der Waals surface area contributed by atoms with E-state index in [1.807, 2.05) is 75.2 Å². The molecule has 2 aromatic carbocycles. The third kappa shape index (κ3) is 4.54. The fourth-order valence-electron chi connectivity index (χ4n) is 3.61. The van der Waals surface area contributed by atoms with Gasteiger partial charge in [0.05, 0.1) is 6.33 Å². The Hall–Kier alpha value is -3.41. The first-order chi connectivity index (χ1) is 14.2. The predicted octanol–water partition coefficient (Wildman–Crippen LogP) is 2.92. The molecule has 1 aliphatic heterocycles.